The molecule has 7 nitrogen and oxygen atoms in total. The maximum atomic E-state index is 12.7. The fourth-order valence-electron chi connectivity index (χ4n) is 2.94. The fraction of sp³-hybridized carbons (Fsp3) is 0.562. The van der Waals surface area contributed by atoms with E-state index in [1.54, 1.807) is 19.2 Å². The molecule has 0 unspecified atom stereocenters. The minimum atomic E-state index is -3.83. The van der Waals surface area contributed by atoms with Gasteiger partial charge in [-0.05, 0) is 38.1 Å². The highest BCUT2D eigenvalue weighted by Crippen LogP contribution is 2.29. The third-order valence-electron chi connectivity index (χ3n) is 4.33. The zero-order valence-electron chi connectivity index (χ0n) is 14.4. The summed E-state index contributed by atoms with van der Waals surface area (Å²) in [6, 6.07) is 6.02. The van der Waals surface area contributed by atoms with Gasteiger partial charge in [-0.25, -0.2) is 17.9 Å². The van der Waals surface area contributed by atoms with Crippen LogP contribution in [0, 0.1) is 5.41 Å². The summed E-state index contributed by atoms with van der Waals surface area (Å²) in [6.45, 7) is 2.39. The second-order valence-corrected chi connectivity index (χ2v) is 7.73. The van der Waals surface area contributed by atoms with Crippen molar-refractivity contribution in [1.29, 1.82) is 0 Å². The number of benzene rings is 1. The van der Waals surface area contributed by atoms with Crippen molar-refractivity contribution in [2.75, 3.05) is 40.5 Å². The molecule has 25 heavy (non-hydrogen) atoms. The van der Waals surface area contributed by atoms with Gasteiger partial charge in [-0.3, -0.25) is 0 Å². The van der Waals surface area contributed by atoms with Gasteiger partial charge in [0.25, 0.3) is 0 Å². The zero-order chi connectivity index (χ0) is 17.6. The molecule has 1 aliphatic heterocycles. The zero-order valence-corrected chi connectivity index (χ0v) is 16.0. The van der Waals surface area contributed by atoms with E-state index in [1.807, 2.05) is 0 Å². The molecule has 1 aliphatic rings. The smallest absolute Gasteiger partial charge is 0.339 e. The molecule has 1 saturated heterocycles. The summed E-state index contributed by atoms with van der Waals surface area (Å²) in [5, 5.41) is 3.26. The van der Waals surface area contributed by atoms with Crippen LogP contribution < -0.4 is 10.0 Å². The van der Waals surface area contributed by atoms with Crippen LogP contribution in [0.2, 0.25) is 0 Å². The topological polar surface area (TPSA) is 93.7 Å². The Morgan fingerprint density at radius 2 is 1.88 bits per heavy atom. The molecule has 1 aromatic carbocycles. The lowest BCUT2D eigenvalue weighted by Crippen LogP contribution is -2.47. The minimum absolute atomic E-state index is 0. The normalized spacial score (nSPS) is 16.7. The number of esters is 1. The van der Waals surface area contributed by atoms with Gasteiger partial charge in [-0.2, -0.15) is 0 Å². The average Bonchev–Trinajstić information content (AvgIpc) is 2.61. The first-order valence-electron chi connectivity index (χ1n) is 7.81. The molecule has 9 heteroatoms. The first-order chi connectivity index (χ1) is 11.4. The van der Waals surface area contributed by atoms with E-state index < -0.39 is 16.0 Å². The fourth-order valence-corrected chi connectivity index (χ4v) is 4.29. The average molecular weight is 393 g/mol. The number of piperidine rings is 1. The monoisotopic (exact) mass is 392 g/mol. The number of hydrogen-bond acceptors (Lipinski definition) is 6. The summed E-state index contributed by atoms with van der Waals surface area (Å²) in [6.07, 6.45) is 1.64. The molecule has 0 bridgehead atoms. The minimum Gasteiger partial charge on any atom is -0.465 e. The first kappa shape index (κ1) is 21.9. The van der Waals surface area contributed by atoms with Crippen molar-refractivity contribution in [2.24, 2.45) is 5.41 Å². The molecular formula is C16H25ClN2O5S. The van der Waals surface area contributed by atoms with Crippen molar-refractivity contribution < 1.29 is 22.7 Å². The Bertz CT molecular complexity index is 669. The quantitative estimate of drug-likeness (QED) is 0.677. The highest BCUT2D eigenvalue weighted by atomic mass is 35.5. The van der Waals surface area contributed by atoms with Crippen LogP contribution in [0.5, 0.6) is 0 Å². The summed E-state index contributed by atoms with van der Waals surface area (Å²) < 4.78 is 38.0. The number of halogens is 1. The Kier molecular flexibility index (Phi) is 8.30. The van der Waals surface area contributed by atoms with Crippen LogP contribution in [0.4, 0.5) is 0 Å². The molecule has 0 spiro atoms. The van der Waals surface area contributed by atoms with Crippen molar-refractivity contribution in [1.82, 2.24) is 10.0 Å². The molecule has 0 aromatic heterocycles. The van der Waals surface area contributed by atoms with E-state index in [0.29, 0.717) is 6.61 Å². The number of hydrogen-bond donors (Lipinski definition) is 2. The molecule has 2 rings (SSSR count). The third-order valence-corrected chi connectivity index (χ3v) is 5.79. The molecule has 142 valence electrons. The largest absolute Gasteiger partial charge is 0.465 e. The molecule has 0 amide bonds. The van der Waals surface area contributed by atoms with Crippen LogP contribution in [0.25, 0.3) is 0 Å². The Balaban J connectivity index is 0.00000312. The van der Waals surface area contributed by atoms with Crippen LogP contribution in [0.3, 0.4) is 0 Å². The second-order valence-electron chi connectivity index (χ2n) is 6.00. The Labute approximate surface area is 154 Å². The van der Waals surface area contributed by atoms with Gasteiger partial charge < -0.3 is 14.8 Å². The van der Waals surface area contributed by atoms with Crippen LogP contribution in [0.15, 0.2) is 29.2 Å². The van der Waals surface area contributed by atoms with E-state index >= 15 is 0 Å². The van der Waals surface area contributed by atoms with Gasteiger partial charge in [0.05, 0.1) is 24.2 Å². The SMILES string of the molecule is COCC1(CNS(=O)(=O)c2ccccc2C(=O)OC)CCNCC1.Cl. The number of carbonyl (C=O) groups excluding carboxylic acids is 1. The first-order valence-corrected chi connectivity index (χ1v) is 9.29. The lowest BCUT2D eigenvalue weighted by molar-refractivity contribution is 0.0576. The van der Waals surface area contributed by atoms with Gasteiger partial charge in [0, 0.05) is 19.1 Å². The standard InChI is InChI=1S/C16H24N2O5S.ClH/c1-22-12-16(7-9-17-10-8-16)11-18-24(20,21)14-6-4-3-5-13(14)15(19)23-2;/h3-6,17-18H,7-12H2,1-2H3;1H. The van der Waals surface area contributed by atoms with E-state index in [-0.39, 0.29) is 34.8 Å². The van der Waals surface area contributed by atoms with Crippen LogP contribution in [-0.2, 0) is 19.5 Å². The van der Waals surface area contributed by atoms with Gasteiger partial charge in [0.15, 0.2) is 0 Å². The molecule has 0 atom stereocenters. The molecular weight excluding hydrogens is 368 g/mol. The van der Waals surface area contributed by atoms with Crippen molar-refractivity contribution >= 4 is 28.4 Å². The van der Waals surface area contributed by atoms with Gasteiger partial charge in [0.2, 0.25) is 10.0 Å². The van der Waals surface area contributed by atoms with Crippen LogP contribution in [-0.4, -0.2) is 54.8 Å². The summed E-state index contributed by atoms with van der Waals surface area (Å²) in [5.74, 6) is -0.676. The number of ether oxygens (including phenoxy) is 2. The third kappa shape index (κ3) is 5.39. The summed E-state index contributed by atoms with van der Waals surface area (Å²) in [5.41, 5.74) is -0.216. The van der Waals surface area contributed by atoms with Crippen molar-refractivity contribution in [3.8, 4) is 0 Å². The maximum Gasteiger partial charge on any atom is 0.339 e. The van der Waals surface area contributed by atoms with Crippen LogP contribution >= 0.6 is 12.4 Å². The number of carbonyl (C=O) groups is 1. The molecule has 0 radical (unpaired) electrons. The predicted molar refractivity (Wildman–Crippen MR) is 96.6 cm³/mol. The summed E-state index contributed by atoms with van der Waals surface area (Å²) in [4.78, 5) is 11.7. The van der Waals surface area contributed by atoms with E-state index in [9.17, 15) is 13.2 Å². The second kappa shape index (κ2) is 9.49. The molecule has 1 fully saturated rings. The Morgan fingerprint density at radius 1 is 1.24 bits per heavy atom. The lowest BCUT2D eigenvalue weighted by atomic mass is 9.80. The summed E-state index contributed by atoms with van der Waals surface area (Å²) >= 11 is 0. The van der Waals surface area contributed by atoms with E-state index in [4.69, 9.17) is 4.74 Å². The molecule has 2 N–H and O–H groups in total. The number of nitrogens with one attached hydrogen (secondary N) is 2. The number of rotatable bonds is 7. The van der Waals surface area contributed by atoms with E-state index in [2.05, 4.69) is 14.8 Å². The lowest BCUT2D eigenvalue weighted by Gasteiger charge is -2.37. The van der Waals surface area contributed by atoms with Gasteiger partial charge in [0.1, 0.15) is 0 Å². The Morgan fingerprint density at radius 3 is 2.48 bits per heavy atom. The maximum absolute atomic E-state index is 12.7. The number of sulfonamides is 1. The van der Waals surface area contributed by atoms with E-state index in [1.165, 1.54) is 19.2 Å². The highest BCUT2D eigenvalue weighted by molar-refractivity contribution is 7.89. The van der Waals surface area contributed by atoms with E-state index in [0.717, 1.165) is 25.9 Å². The molecule has 1 heterocycles. The molecule has 0 aliphatic carbocycles. The Hall–Kier alpha value is -1.19. The van der Waals surface area contributed by atoms with Gasteiger partial charge >= 0.3 is 5.97 Å². The predicted octanol–water partition coefficient (Wildman–Crippen LogP) is 1.19. The van der Waals surface area contributed by atoms with Crippen molar-refractivity contribution in [2.45, 2.75) is 17.7 Å². The van der Waals surface area contributed by atoms with Crippen LogP contribution in [0.1, 0.15) is 23.2 Å². The van der Waals surface area contributed by atoms with Crippen molar-refractivity contribution in [3.05, 3.63) is 29.8 Å². The summed E-state index contributed by atoms with van der Waals surface area (Å²) in [7, 11) is -0.989. The highest BCUT2D eigenvalue weighted by Gasteiger charge is 2.34. The molecule has 0 saturated carbocycles. The number of methoxy groups -OCH3 is 2. The molecule has 1 aromatic rings. The van der Waals surface area contributed by atoms with Gasteiger partial charge in [-0.15, -0.1) is 12.4 Å². The van der Waals surface area contributed by atoms with Crippen molar-refractivity contribution in [3.63, 3.8) is 0 Å². The van der Waals surface area contributed by atoms with Gasteiger partial charge in [-0.1, -0.05) is 12.1 Å².